The lowest BCUT2D eigenvalue weighted by molar-refractivity contribution is -0.130. The van der Waals surface area contributed by atoms with Crippen LogP contribution >= 0.6 is 11.8 Å². The molecule has 1 saturated heterocycles. The van der Waals surface area contributed by atoms with Crippen LogP contribution < -0.4 is 0 Å². The highest BCUT2D eigenvalue weighted by Gasteiger charge is 2.34. The Hall–Kier alpha value is -1.87. The highest BCUT2D eigenvalue weighted by molar-refractivity contribution is 7.99. The summed E-state index contributed by atoms with van der Waals surface area (Å²) in [5.74, 6) is 0.673. The number of thioether (sulfide) groups is 1. The lowest BCUT2D eigenvalue weighted by Crippen LogP contribution is -2.42. The van der Waals surface area contributed by atoms with Gasteiger partial charge in [0, 0.05) is 18.2 Å². The number of carbonyl (C=O) groups excluding carboxylic acids is 1. The minimum Gasteiger partial charge on any atom is -0.411 e. The number of hydrogen-bond acceptors (Lipinski definition) is 7. The number of aryl methyl sites for hydroxylation is 1. The van der Waals surface area contributed by atoms with Crippen LogP contribution in [-0.4, -0.2) is 59.3 Å². The van der Waals surface area contributed by atoms with E-state index in [-0.39, 0.29) is 29.2 Å². The Labute approximate surface area is 163 Å². The summed E-state index contributed by atoms with van der Waals surface area (Å²) in [5, 5.41) is 8.35. The second kappa shape index (κ2) is 8.43. The Kier molecular flexibility index (Phi) is 6.21. The van der Waals surface area contributed by atoms with Gasteiger partial charge in [-0.15, -0.1) is 10.2 Å². The average Bonchev–Trinajstić information content (AvgIpc) is 3.24. The van der Waals surface area contributed by atoms with Crippen molar-refractivity contribution in [2.24, 2.45) is 0 Å². The van der Waals surface area contributed by atoms with Crippen LogP contribution in [0.1, 0.15) is 25.3 Å². The monoisotopic (exact) mass is 409 g/mol. The summed E-state index contributed by atoms with van der Waals surface area (Å²) in [4.78, 5) is 14.3. The number of aromatic nitrogens is 2. The fourth-order valence-corrected chi connectivity index (χ4v) is 5.44. The Morgan fingerprint density at radius 2 is 2.04 bits per heavy atom. The summed E-state index contributed by atoms with van der Waals surface area (Å²) in [6.07, 6.45) is 1.29. The Morgan fingerprint density at radius 3 is 2.67 bits per heavy atom. The Balaban J connectivity index is 1.61. The van der Waals surface area contributed by atoms with Gasteiger partial charge in [0.1, 0.15) is 0 Å². The third-order valence-electron chi connectivity index (χ3n) is 4.46. The number of nitrogens with zero attached hydrogens (tertiary/aromatic N) is 3. The molecule has 1 atom stereocenters. The summed E-state index contributed by atoms with van der Waals surface area (Å²) >= 11 is 1.18. The Morgan fingerprint density at radius 1 is 1.30 bits per heavy atom. The lowest BCUT2D eigenvalue weighted by atomic mass is 10.1. The molecule has 2 heterocycles. The van der Waals surface area contributed by atoms with Crippen molar-refractivity contribution < 1.29 is 17.6 Å². The van der Waals surface area contributed by atoms with Gasteiger partial charge in [-0.05, 0) is 31.9 Å². The second-order valence-electron chi connectivity index (χ2n) is 6.67. The third-order valence-corrected chi connectivity index (χ3v) is 7.01. The molecule has 0 spiro atoms. The van der Waals surface area contributed by atoms with Crippen molar-refractivity contribution in [1.29, 1.82) is 0 Å². The molecular formula is C18H23N3O4S2. The van der Waals surface area contributed by atoms with Crippen molar-refractivity contribution in [3.63, 3.8) is 0 Å². The van der Waals surface area contributed by atoms with Gasteiger partial charge < -0.3 is 9.32 Å². The third kappa shape index (κ3) is 5.10. The first-order chi connectivity index (χ1) is 12.9. The lowest BCUT2D eigenvalue weighted by Gasteiger charge is -2.27. The topological polar surface area (TPSA) is 93.4 Å². The number of amides is 1. The summed E-state index contributed by atoms with van der Waals surface area (Å²) in [5.41, 5.74) is 1.97. The zero-order valence-corrected chi connectivity index (χ0v) is 17.1. The molecule has 1 aliphatic heterocycles. The van der Waals surface area contributed by atoms with E-state index in [2.05, 4.69) is 10.2 Å². The quantitative estimate of drug-likeness (QED) is 0.649. The van der Waals surface area contributed by atoms with E-state index in [1.807, 2.05) is 38.1 Å². The van der Waals surface area contributed by atoms with E-state index in [1.165, 1.54) is 11.8 Å². The molecule has 1 aliphatic rings. The largest absolute Gasteiger partial charge is 0.411 e. The van der Waals surface area contributed by atoms with E-state index >= 15 is 0 Å². The molecule has 0 aliphatic carbocycles. The number of carbonyl (C=O) groups is 1. The van der Waals surface area contributed by atoms with Crippen LogP contribution in [-0.2, 0) is 14.6 Å². The molecule has 0 radical (unpaired) electrons. The highest BCUT2D eigenvalue weighted by Crippen LogP contribution is 2.25. The van der Waals surface area contributed by atoms with Crippen LogP contribution in [0.25, 0.3) is 11.5 Å². The smallest absolute Gasteiger partial charge is 0.277 e. The van der Waals surface area contributed by atoms with E-state index in [1.54, 1.807) is 4.90 Å². The fourth-order valence-electron chi connectivity index (χ4n) is 3.06. The van der Waals surface area contributed by atoms with Gasteiger partial charge in [-0.1, -0.05) is 36.4 Å². The van der Waals surface area contributed by atoms with E-state index in [9.17, 15) is 13.2 Å². The molecule has 0 N–H and O–H groups in total. The highest BCUT2D eigenvalue weighted by atomic mass is 32.2. The first-order valence-corrected chi connectivity index (χ1v) is 11.7. The normalized spacial score (nSPS) is 18.5. The fraction of sp³-hybridized carbons (Fsp3) is 0.500. The molecule has 1 aromatic heterocycles. The van der Waals surface area contributed by atoms with Crippen LogP contribution in [0.2, 0.25) is 0 Å². The van der Waals surface area contributed by atoms with Gasteiger partial charge >= 0.3 is 0 Å². The molecule has 3 rings (SSSR count). The van der Waals surface area contributed by atoms with E-state index < -0.39 is 9.84 Å². The minimum absolute atomic E-state index is 0.0571. The minimum atomic E-state index is -3.03. The van der Waals surface area contributed by atoms with Crippen molar-refractivity contribution >= 4 is 27.5 Å². The van der Waals surface area contributed by atoms with Crippen LogP contribution in [0.3, 0.4) is 0 Å². The molecule has 1 fully saturated rings. The van der Waals surface area contributed by atoms with Gasteiger partial charge in [0.2, 0.25) is 11.8 Å². The summed E-state index contributed by atoms with van der Waals surface area (Å²) in [6.45, 7) is 4.53. The van der Waals surface area contributed by atoms with Gasteiger partial charge in [-0.25, -0.2) is 8.42 Å². The predicted molar refractivity (Wildman–Crippen MR) is 104 cm³/mol. The number of sulfone groups is 1. The van der Waals surface area contributed by atoms with Gasteiger partial charge in [0.25, 0.3) is 5.22 Å². The van der Waals surface area contributed by atoms with E-state index in [0.717, 1.165) is 17.5 Å². The van der Waals surface area contributed by atoms with Gasteiger partial charge in [0.05, 0.1) is 17.3 Å². The zero-order chi connectivity index (χ0) is 19.4. The predicted octanol–water partition coefficient (Wildman–Crippen LogP) is 2.56. The summed E-state index contributed by atoms with van der Waals surface area (Å²) < 4.78 is 29.1. The van der Waals surface area contributed by atoms with Crippen molar-refractivity contribution in [1.82, 2.24) is 15.1 Å². The van der Waals surface area contributed by atoms with Crippen LogP contribution in [0.4, 0.5) is 0 Å². The molecular weight excluding hydrogens is 386 g/mol. The summed E-state index contributed by atoms with van der Waals surface area (Å²) in [7, 11) is -3.03. The van der Waals surface area contributed by atoms with Crippen molar-refractivity contribution in [2.45, 2.75) is 38.0 Å². The van der Waals surface area contributed by atoms with Crippen LogP contribution in [0.5, 0.6) is 0 Å². The van der Waals surface area contributed by atoms with Gasteiger partial charge in [0.15, 0.2) is 9.84 Å². The summed E-state index contributed by atoms with van der Waals surface area (Å²) in [6, 6.07) is 7.52. The molecule has 9 heteroatoms. The first-order valence-electron chi connectivity index (χ1n) is 8.91. The number of rotatable bonds is 7. The van der Waals surface area contributed by atoms with Gasteiger partial charge in [-0.3, -0.25) is 4.79 Å². The van der Waals surface area contributed by atoms with Crippen molar-refractivity contribution in [3.8, 4) is 11.5 Å². The second-order valence-corrected chi connectivity index (χ2v) is 9.83. The molecule has 7 nitrogen and oxygen atoms in total. The van der Waals surface area contributed by atoms with Crippen LogP contribution in [0, 0.1) is 6.92 Å². The first kappa shape index (κ1) is 19.9. The maximum atomic E-state index is 12.6. The molecule has 1 amide bonds. The number of hydrogen-bond donors (Lipinski definition) is 0. The molecule has 0 unspecified atom stereocenters. The molecule has 146 valence electrons. The average molecular weight is 410 g/mol. The van der Waals surface area contributed by atoms with Gasteiger partial charge in [-0.2, -0.15) is 0 Å². The maximum Gasteiger partial charge on any atom is 0.277 e. The Bertz CT molecular complexity index is 894. The van der Waals surface area contributed by atoms with Crippen molar-refractivity contribution in [2.75, 3.05) is 23.8 Å². The number of benzene rings is 1. The van der Waals surface area contributed by atoms with E-state index in [4.69, 9.17) is 4.42 Å². The maximum absolute atomic E-state index is 12.6. The SMILES string of the molecule is CCCN(C(=O)CSc1nnc(-c2ccc(C)cc2)o1)[C@H]1CCS(=O)(=O)C1. The molecule has 0 saturated carbocycles. The standard InChI is InChI=1S/C18H23N3O4S2/c1-3-9-21(15-8-10-27(23,24)12-15)16(22)11-26-18-20-19-17(25-18)14-6-4-13(2)5-7-14/h4-7,15H,3,8-12H2,1-2H3/t15-/m0/s1. The van der Waals surface area contributed by atoms with Crippen molar-refractivity contribution in [3.05, 3.63) is 29.8 Å². The molecule has 2 aromatic rings. The molecule has 0 bridgehead atoms. The van der Waals surface area contributed by atoms with E-state index in [0.29, 0.717) is 24.1 Å². The molecule has 27 heavy (non-hydrogen) atoms. The zero-order valence-electron chi connectivity index (χ0n) is 15.4. The van der Waals surface area contributed by atoms with Crippen LogP contribution in [0.15, 0.2) is 33.9 Å². The molecule has 1 aromatic carbocycles.